The molecular weight excluding hydrogens is 186 g/mol. The summed E-state index contributed by atoms with van der Waals surface area (Å²) < 4.78 is 4.71. The fourth-order valence-electron chi connectivity index (χ4n) is 1.22. The van der Waals surface area contributed by atoms with Gasteiger partial charge in [0.1, 0.15) is 0 Å². The van der Waals surface area contributed by atoms with Gasteiger partial charge in [-0.25, -0.2) is 4.79 Å². The Hall–Kier alpha value is -1.42. The summed E-state index contributed by atoms with van der Waals surface area (Å²) >= 11 is 4.72. The molecule has 1 heterocycles. The average molecular weight is 193 g/mol. The summed E-state index contributed by atoms with van der Waals surface area (Å²) in [5, 5.41) is 2.93. The van der Waals surface area contributed by atoms with Crippen LogP contribution < -0.4 is 5.32 Å². The smallest absolute Gasteiger partial charge is 0.340 e. The van der Waals surface area contributed by atoms with E-state index < -0.39 is 6.04 Å². The van der Waals surface area contributed by atoms with Crippen molar-refractivity contribution >= 4 is 23.4 Å². The first-order chi connectivity index (χ1) is 6.27. The fraction of sp³-hybridized carbons (Fsp3) is 0.111. The first kappa shape index (κ1) is 8.19. The van der Waals surface area contributed by atoms with Crippen LogP contribution in [0.1, 0.15) is 11.6 Å². The van der Waals surface area contributed by atoms with Crippen molar-refractivity contribution < 1.29 is 9.53 Å². The van der Waals surface area contributed by atoms with Crippen LogP contribution in [0.4, 0.5) is 0 Å². The van der Waals surface area contributed by atoms with Gasteiger partial charge in [0, 0.05) is 0 Å². The van der Waals surface area contributed by atoms with E-state index in [0.717, 1.165) is 5.56 Å². The maximum atomic E-state index is 11.2. The van der Waals surface area contributed by atoms with Gasteiger partial charge in [-0.1, -0.05) is 30.3 Å². The van der Waals surface area contributed by atoms with Crippen LogP contribution in [-0.2, 0) is 9.53 Å². The summed E-state index contributed by atoms with van der Waals surface area (Å²) in [6, 6.07) is 8.90. The lowest BCUT2D eigenvalue weighted by molar-refractivity contribution is -0.134. The summed E-state index contributed by atoms with van der Waals surface area (Å²) in [7, 11) is 0. The van der Waals surface area contributed by atoms with Crippen LogP contribution in [0.25, 0.3) is 0 Å². The summed E-state index contributed by atoms with van der Waals surface area (Å²) in [6.07, 6.45) is 0. The highest BCUT2D eigenvalue weighted by molar-refractivity contribution is 7.80. The van der Waals surface area contributed by atoms with Crippen molar-refractivity contribution in [1.82, 2.24) is 5.32 Å². The highest BCUT2D eigenvalue weighted by Crippen LogP contribution is 2.18. The van der Waals surface area contributed by atoms with Gasteiger partial charge in [0.15, 0.2) is 6.04 Å². The van der Waals surface area contributed by atoms with E-state index in [1.807, 2.05) is 30.3 Å². The van der Waals surface area contributed by atoms with Crippen LogP contribution in [0.3, 0.4) is 0 Å². The van der Waals surface area contributed by atoms with E-state index in [-0.39, 0.29) is 11.1 Å². The second kappa shape index (κ2) is 3.14. The van der Waals surface area contributed by atoms with Gasteiger partial charge < -0.3 is 10.1 Å². The third kappa shape index (κ3) is 1.53. The first-order valence-corrected chi connectivity index (χ1v) is 4.25. The van der Waals surface area contributed by atoms with Crippen molar-refractivity contribution in [1.29, 1.82) is 0 Å². The summed E-state index contributed by atoms with van der Waals surface area (Å²) in [4.78, 5) is 11.2. The van der Waals surface area contributed by atoms with Gasteiger partial charge in [0.2, 0.25) is 0 Å². The number of rotatable bonds is 1. The quantitative estimate of drug-likeness (QED) is 0.536. The maximum Gasteiger partial charge on any atom is 0.340 e. The summed E-state index contributed by atoms with van der Waals surface area (Å²) in [5.74, 6) is -0.337. The predicted octanol–water partition coefficient (Wildman–Crippen LogP) is 1.16. The van der Waals surface area contributed by atoms with E-state index in [2.05, 4.69) is 5.32 Å². The number of benzene rings is 1. The molecule has 4 heteroatoms. The number of thiocarbonyl (C=S) groups is 1. The molecule has 1 aliphatic rings. The largest absolute Gasteiger partial charge is 0.397 e. The molecule has 2 rings (SSSR count). The minimum Gasteiger partial charge on any atom is -0.397 e. The van der Waals surface area contributed by atoms with Gasteiger partial charge in [0.25, 0.3) is 5.17 Å². The number of ether oxygens (including phenoxy) is 1. The van der Waals surface area contributed by atoms with E-state index in [9.17, 15) is 4.79 Å². The lowest BCUT2D eigenvalue weighted by atomic mass is 10.1. The minimum atomic E-state index is -0.436. The molecule has 0 radical (unpaired) electrons. The van der Waals surface area contributed by atoms with E-state index in [1.54, 1.807) is 0 Å². The standard InChI is InChI=1S/C9H7NO2S/c11-8-7(10-9(13)12-8)6-4-2-1-3-5-6/h1-5,7H,(H,10,13)/t7-/m0/s1. The van der Waals surface area contributed by atoms with Crippen LogP contribution in [0.2, 0.25) is 0 Å². The molecule has 1 N–H and O–H groups in total. The van der Waals surface area contributed by atoms with Crippen LogP contribution in [-0.4, -0.2) is 11.1 Å². The molecule has 0 amide bonds. The normalized spacial score (nSPS) is 21.1. The molecule has 0 aromatic heterocycles. The lowest BCUT2D eigenvalue weighted by Gasteiger charge is -2.04. The molecule has 1 fully saturated rings. The second-order valence-corrected chi connectivity index (χ2v) is 3.07. The SMILES string of the molecule is O=C1OC(=S)N[C@H]1c1ccccc1. The minimum absolute atomic E-state index is 0.152. The molecule has 1 atom stereocenters. The number of esters is 1. The molecule has 0 saturated carbocycles. The highest BCUT2D eigenvalue weighted by atomic mass is 32.1. The third-order valence-electron chi connectivity index (χ3n) is 1.82. The molecule has 3 nitrogen and oxygen atoms in total. The predicted molar refractivity (Wildman–Crippen MR) is 51.0 cm³/mol. The van der Waals surface area contributed by atoms with Crippen molar-refractivity contribution in [2.24, 2.45) is 0 Å². The van der Waals surface area contributed by atoms with Crippen LogP contribution in [0, 0.1) is 0 Å². The first-order valence-electron chi connectivity index (χ1n) is 3.84. The van der Waals surface area contributed by atoms with Gasteiger partial charge in [-0.15, -0.1) is 0 Å². The van der Waals surface area contributed by atoms with Gasteiger partial charge in [-0.3, -0.25) is 0 Å². The number of hydrogen-bond donors (Lipinski definition) is 1. The molecule has 1 saturated heterocycles. The Morgan fingerprint density at radius 2 is 2.00 bits per heavy atom. The monoisotopic (exact) mass is 193 g/mol. The number of carbonyl (C=O) groups is 1. The summed E-state index contributed by atoms with van der Waals surface area (Å²) in [5.41, 5.74) is 0.868. The summed E-state index contributed by atoms with van der Waals surface area (Å²) in [6.45, 7) is 0. The molecule has 0 unspecified atom stereocenters. The van der Waals surface area contributed by atoms with E-state index in [0.29, 0.717) is 0 Å². The Bertz CT molecular complexity index is 350. The molecule has 66 valence electrons. The van der Waals surface area contributed by atoms with Crippen LogP contribution in [0.5, 0.6) is 0 Å². The van der Waals surface area contributed by atoms with Crippen LogP contribution >= 0.6 is 12.2 Å². The Balaban J connectivity index is 2.28. The van der Waals surface area contributed by atoms with Crippen LogP contribution in [0.15, 0.2) is 30.3 Å². The van der Waals surface area contributed by atoms with Gasteiger partial charge in [0.05, 0.1) is 0 Å². The van der Waals surface area contributed by atoms with E-state index in [4.69, 9.17) is 17.0 Å². The van der Waals surface area contributed by atoms with Crippen molar-refractivity contribution in [3.05, 3.63) is 35.9 Å². The molecule has 13 heavy (non-hydrogen) atoms. The third-order valence-corrected chi connectivity index (χ3v) is 2.03. The van der Waals surface area contributed by atoms with Gasteiger partial charge in [-0.2, -0.15) is 0 Å². The topological polar surface area (TPSA) is 38.3 Å². The molecule has 0 aliphatic carbocycles. The number of nitrogens with one attached hydrogen (secondary N) is 1. The van der Waals surface area contributed by atoms with E-state index >= 15 is 0 Å². The molecule has 1 aromatic rings. The maximum absolute atomic E-state index is 11.2. The molecule has 0 spiro atoms. The molecule has 1 aromatic carbocycles. The van der Waals surface area contributed by atoms with Gasteiger partial charge >= 0.3 is 5.97 Å². The van der Waals surface area contributed by atoms with Crippen molar-refractivity contribution in [2.75, 3.05) is 0 Å². The van der Waals surface area contributed by atoms with E-state index in [1.165, 1.54) is 0 Å². The van der Waals surface area contributed by atoms with Crippen molar-refractivity contribution in [2.45, 2.75) is 6.04 Å². The zero-order valence-electron chi connectivity index (χ0n) is 6.69. The average Bonchev–Trinajstić information content (AvgIpc) is 2.47. The molecule has 0 bridgehead atoms. The molecule has 1 aliphatic heterocycles. The Labute approximate surface area is 80.7 Å². The Kier molecular flexibility index (Phi) is 1.98. The Morgan fingerprint density at radius 1 is 1.31 bits per heavy atom. The fourth-order valence-corrected chi connectivity index (χ4v) is 1.42. The molecular formula is C9H7NO2S. The van der Waals surface area contributed by atoms with Crippen molar-refractivity contribution in [3.8, 4) is 0 Å². The number of carbonyl (C=O) groups excluding carboxylic acids is 1. The number of cyclic esters (lactones) is 1. The zero-order valence-corrected chi connectivity index (χ0v) is 7.51. The Morgan fingerprint density at radius 3 is 2.54 bits per heavy atom. The second-order valence-electron chi connectivity index (χ2n) is 2.70. The number of hydrogen-bond acceptors (Lipinski definition) is 3. The highest BCUT2D eigenvalue weighted by Gasteiger charge is 2.30. The zero-order chi connectivity index (χ0) is 9.26. The van der Waals surface area contributed by atoms with Crippen molar-refractivity contribution in [3.63, 3.8) is 0 Å². The lowest BCUT2D eigenvalue weighted by Crippen LogP contribution is -2.19. The van der Waals surface area contributed by atoms with Gasteiger partial charge in [-0.05, 0) is 17.8 Å².